The van der Waals surface area contributed by atoms with Crippen LogP contribution in [0.1, 0.15) is 31.9 Å². The van der Waals surface area contributed by atoms with Crippen molar-refractivity contribution >= 4 is 6.08 Å². The predicted molar refractivity (Wildman–Crippen MR) is 111 cm³/mol. The standard InChI is InChI=1S/C24H24FNO2/c1-17(27)5-3-2-4-6-22-13-11-21(16-26-22)19-9-7-18(8-10-19)20-12-14-24(28)23(25)15-20/h4,6-17,27-28H,2-3,5H2,1H3. The third kappa shape index (κ3) is 5.27. The smallest absolute Gasteiger partial charge is 0.165 e. The minimum absolute atomic E-state index is 0.245. The molecular weight excluding hydrogens is 353 g/mol. The van der Waals surface area contributed by atoms with Gasteiger partial charge in [0, 0.05) is 11.8 Å². The van der Waals surface area contributed by atoms with Gasteiger partial charge in [-0.05, 0) is 67.2 Å². The van der Waals surface area contributed by atoms with E-state index in [2.05, 4.69) is 11.1 Å². The largest absolute Gasteiger partial charge is 0.505 e. The van der Waals surface area contributed by atoms with E-state index < -0.39 is 5.82 Å². The second-order valence-corrected chi connectivity index (χ2v) is 6.90. The van der Waals surface area contributed by atoms with Crippen molar-refractivity contribution in [1.82, 2.24) is 4.98 Å². The Morgan fingerprint density at radius 1 is 0.964 bits per heavy atom. The number of pyridine rings is 1. The summed E-state index contributed by atoms with van der Waals surface area (Å²) < 4.78 is 13.5. The van der Waals surface area contributed by atoms with E-state index in [9.17, 15) is 14.6 Å². The molecule has 1 aromatic heterocycles. The molecule has 0 saturated heterocycles. The van der Waals surface area contributed by atoms with Crippen LogP contribution in [0, 0.1) is 5.82 Å². The number of unbranched alkanes of at least 4 members (excludes halogenated alkanes) is 1. The van der Waals surface area contributed by atoms with Crippen LogP contribution in [-0.2, 0) is 0 Å². The lowest BCUT2D eigenvalue weighted by molar-refractivity contribution is 0.182. The molecule has 144 valence electrons. The van der Waals surface area contributed by atoms with Gasteiger partial charge in [-0.1, -0.05) is 42.5 Å². The first-order chi connectivity index (χ1) is 13.5. The minimum Gasteiger partial charge on any atom is -0.505 e. The van der Waals surface area contributed by atoms with Crippen molar-refractivity contribution < 1.29 is 14.6 Å². The van der Waals surface area contributed by atoms with Crippen LogP contribution in [0.3, 0.4) is 0 Å². The molecule has 3 rings (SSSR count). The number of aliphatic hydroxyl groups is 1. The number of aromatic nitrogens is 1. The van der Waals surface area contributed by atoms with Crippen LogP contribution < -0.4 is 0 Å². The summed E-state index contributed by atoms with van der Waals surface area (Å²) in [6.45, 7) is 1.81. The van der Waals surface area contributed by atoms with Gasteiger partial charge < -0.3 is 10.2 Å². The van der Waals surface area contributed by atoms with Gasteiger partial charge in [0.25, 0.3) is 0 Å². The molecule has 3 aromatic rings. The van der Waals surface area contributed by atoms with Crippen molar-refractivity contribution in [2.45, 2.75) is 32.3 Å². The molecule has 0 saturated carbocycles. The molecule has 1 unspecified atom stereocenters. The highest BCUT2D eigenvalue weighted by Gasteiger charge is 2.05. The number of phenols is 1. The maximum Gasteiger partial charge on any atom is 0.165 e. The Morgan fingerprint density at radius 3 is 2.21 bits per heavy atom. The van der Waals surface area contributed by atoms with E-state index in [0.717, 1.165) is 47.2 Å². The van der Waals surface area contributed by atoms with Crippen LogP contribution in [0.4, 0.5) is 4.39 Å². The summed E-state index contributed by atoms with van der Waals surface area (Å²) in [5, 5.41) is 18.6. The second-order valence-electron chi connectivity index (χ2n) is 6.90. The van der Waals surface area contributed by atoms with Crippen LogP contribution >= 0.6 is 0 Å². The van der Waals surface area contributed by atoms with Crippen molar-refractivity contribution in [3.05, 3.63) is 78.4 Å². The number of aromatic hydroxyl groups is 1. The molecule has 0 aliphatic heterocycles. The number of allylic oxidation sites excluding steroid dienone is 1. The molecule has 2 N–H and O–H groups in total. The number of hydrogen-bond donors (Lipinski definition) is 2. The van der Waals surface area contributed by atoms with E-state index in [1.54, 1.807) is 13.0 Å². The fourth-order valence-electron chi connectivity index (χ4n) is 2.95. The van der Waals surface area contributed by atoms with Gasteiger partial charge in [0.1, 0.15) is 0 Å². The van der Waals surface area contributed by atoms with Gasteiger partial charge in [-0.15, -0.1) is 0 Å². The third-order valence-corrected chi connectivity index (χ3v) is 4.57. The third-order valence-electron chi connectivity index (χ3n) is 4.57. The molecule has 0 bridgehead atoms. The first kappa shape index (κ1) is 19.8. The van der Waals surface area contributed by atoms with Gasteiger partial charge in [0.15, 0.2) is 11.6 Å². The number of nitrogens with zero attached hydrogens (tertiary/aromatic N) is 1. The molecule has 0 amide bonds. The first-order valence-electron chi connectivity index (χ1n) is 9.43. The van der Waals surface area contributed by atoms with E-state index >= 15 is 0 Å². The Morgan fingerprint density at radius 2 is 1.61 bits per heavy atom. The number of benzene rings is 2. The summed E-state index contributed by atoms with van der Waals surface area (Å²) in [5.74, 6) is -0.969. The highest BCUT2D eigenvalue weighted by atomic mass is 19.1. The fraction of sp³-hybridized carbons (Fsp3) is 0.208. The molecule has 1 atom stereocenters. The van der Waals surface area contributed by atoms with Crippen LogP contribution in [0.2, 0.25) is 0 Å². The number of hydrogen-bond acceptors (Lipinski definition) is 3. The summed E-state index contributed by atoms with van der Waals surface area (Å²) in [6.07, 6.45) is 8.36. The van der Waals surface area contributed by atoms with Gasteiger partial charge in [0.2, 0.25) is 0 Å². The van der Waals surface area contributed by atoms with Crippen LogP contribution in [0.5, 0.6) is 5.75 Å². The zero-order chi connectivity index (χ0) is 19.9. The number of rotatable bonds is 7. The van der Waals surface area contributed by atoms with Gasteiger partial charge in [0.05, 0.1) is 11.8 Å². The first-order valence-corrected chi connectivity index (χ1v) is 9.43. The van der Waals surface area contributed by atoms with E-state index in [1.807, 2.05) is 48.7 Å². The van der Waals surface area contributed by atoms with Crippen LogP contribution in [-0.4, -0.2) is 21.3 Å². The average Bonchev–Trinajstić information content (AvgIpc) is 2.70. The molecule has 0 aliphatic rings. The maximum absolute atomic E-state index is 13.5. The Hall–Kier alpha value is -2.98. The molecule has 0 radical (unpaired) electrons. The van der Waals surface area contributed by atoms with Crippen molar-refractivity contribution in [1.29, 1.82) is 0 Å². The summed E-state index contributed by atoms with van der Waals surface area (Å²) in [4.78, 5) is 4.48. The predicted octanol–water partition coefficient (Wildman–Crippen LogP) is 5.82. The normalized spacial score (nSPS) is 12.4. The topological polar surface area (TPSA) is 53.4 Å². The SMILES string of the molecule is CC(O)CCCC=Cc1ccc(-c2ccc(-c3ccc(O)c(F)c3)cc2)cn1. The number of aliphatic hydroxyl groups excluding tert-OH is 1. The molecule has 0 fully saturated rings. The average molecular weight is 377 g/mol. The lowest BCUT2D eigenvalue weighted by Gasteiger charge is -2.06. The number of halogens is 1. The van der Waals surface area contributed by atoms with Gasteiger partial charge in [-0.2, -0.15) is 0 Å². The molecule has 0 spiro atoms. The monoisotopic (exact) mass is 377 g/mol. The van der Waals surface area contributed by atoms with Crippen molar-refractivity contribution in [2.75, 3.05) is 0 Å². The molecular formula is C24H24FNO2. The highest BCUT2D eigenvalue weighted by molar-refractivity contribution is 5.70. The Labute approximate surface area is 164 Å². The molecule has 1 heterocycles. The molecule has 28 heavy (non-hydrogen) atoms. The maximum atomic E-state index is 13.5. The summed E-state index contributed by atoms with van der Waals surface area (Å²) in [5.41, 5.74) is 4.54. The Kier molecular flexibility index (Phi) is 6.56. The van der Waals surface area contributed by atoms with Crippen LogP contribution in [0.15, 0.2) is 66.9 Å². The summed E-state index contributed by atoms with van der Waals surface area (Å²) >= 11 is 0. The zero-order valence-corrected chi connectivity index (χ0v) is 15.8. The van der Waals surface area contributed by atoms with E-state index in [4.69, 9.17) is 0 Å². The Bertz CT molecular complexity index is 932. The quantitative estimate of drug-likeness (QED) is 0.510. The summed E-state index contributed by atoms with van der Waals surface area (Å²) in [6, 6.07) is 16.2. The second kappa shape index (κ2) is 9.29. The summed E-state index contributed by atoms with van der Waals surface area (Å²) in [7, 11) is 0. The van der Waals surface area contributed by atoms with Crippen LogP contribution in [0.25, 0.3) is 28.3 Å². The van der Waals surface area contributed by atoms with Gasteiger partial charge >= 0.3 is 0 Å². The van der Waals surface area contributed by atoms with Crippen molar-refractivity contribution in [3.63, 3.8) is 0 Å². The molecule has 4 heteroatoms. The van der Waals surface area contributed by atoms with Crippen molar-refractivity contribution in [2.24, 2.45) is 0 Å². The highest BCUT2D eigenvalue weighted by Crippen LogP contribution is 2.27. The van der Waals surface area contributed by atoms with E-state index in [0.29, 0.717) is 0 Å². The number of phenolic OH excluding ortho intramolecular Hbond substituents is 1. The lowest BCUT2D eigenvalue weighted by atomic mass is 10.0. The molecule has 3 nitrogen and oxygen atoms in total. The molecule has 2 aromatic carbocycles. The Balaban J connectivity index is 1.65. The van der Waals surface area contributed by atoms with Gasteiger partial charge in [-0.25, -0.2) is 4.39 Å². The van der Waals surface area contributed by atoms with Crippen molar-refractivity contribution in [3.8, 4) is 28.0 Å². The fourth-order valence-corrected chi connectivity index (χ4v) is 2.95. The van der Waals surface area contributed by atoms with E-state index in [-0.39, 0.29) is 11.9 Å². The zero-order valence-electron chi connectivity index (χ0n) is 15.8. The minimum atomic E-state index is -0.625. The molecule has 0 aliphatic carbocycles. The lowest BCUT2D eigenvalue weighted by Crippen LogP contribution is -1.97. The van der Waals surface area contributed by atoms with Gasteiger partial charge in [-0.3, -0.25) is 4.98 Å². The van der Waals surface area contributed by atoms with E-state index in [1.165, 1.54) is 12.1 Å².